The molecule has 0 saturated carbocycles. The summed E-state index contributed by atoms with van der Waals surface area (Å²) in [5.74, 6) is -3.91. The van der Waals surface area contributed by atoms with Crippen LogP contribution >= 0.6 is 0 Å². The number of H-pyrrole nitrogens is 1. The molecule has 0 radical (unpaired) electrons. The number of hydrogen-bond donors (Lipinski definition) is 2. The Morgan fingerprint density at radius 2 is 1.74 bits per heavy atom. The van der Waals surface area contributed by atoms with Gasteiger partial charge in [0.05, 0.1) is 19.7 Å². The predicted molar refractivity (Wildman–Crippen MR) is 109 cm³/mol. The van der Waals surface area contributed by atoms with Crippen molar-refractivity contribution < 1.29 is 27.4 Å². The van der Waals surface area contributed by atoms with Gasteiger partial charge < -0.3 is 14.8 Å². The molecule has 9 heteroatoms. The second-order valence-corrected chi connectivity index (χ2v) is 6.57. The summed E-state index contributed by atoms with van der Waals surface area (Å²) < 4.78 is 51.8. The number of aromatic nitrogens is 2. The number of rotatable bonds is 5. The highest BCUT2D eigenvalue weighted by atomic mass is 19.2. The minimum atomic E-state index is -1.56. The standard InChI is InChI=1S/C22H16F3N3O3/c1-30-12-4-6-13(18(10-12)31-2)11-3-5-14-17(9-11)27-28-21(14)26-22(29)19-15(23)7-8-16(24)20(19)25/h3-10H,1-2H3,(H2,26,27,28,29). The molecule has 158 valence electrons. The van der Waals surface area contributed by atoms with Crippen molar-refractivity contribution in [2.75, 3.05) is 19.5 Å². The number of ether oxygens (including phenoxy) is 2. The normalized spacial score (nSPS) is 10.9. The molecule has 0 unspecified atom stereocenters. The van der Waals surface area contributed by atoms with E-state index in [9.17, 15) is 18.0 Å². The molecule has 6 nitrogen and oxygen atoms in total. The summed E-state index contributed by atoms with van der Waals surface area (Å²) in [7, 11) is 3.10. The van der Waals surface area contributed by atoms with Crippen LogP contribution in [0, 0.1) is 17.5 Å². The van der Waals surface area contributed by atoms with E-state index in [-0.39, 0.29) is 5.82 Å². The van der Waals surface area contributed by atoms with Gasteiger partial charge in [0.15, 0.2) is 17.5 Å². The first-order valence-electron chi connectivity index (χ1n) is 9.08. The number of amides is 1. The van der Waals surface area contributed by atoms with Crippen LogP contribution in [-0.4, -0.2) is 30.3 Å². The molecule has 0 atom stereocenters. The number of methoxy groups -OCH3 is 2. The second kappa shape index (κ2) is 8.02. The molecule has 1 aromatic heterocycles. The first kappa shape index (κ1) is 20.3. The van der Waals surface area contributed by atoms with Crippen molar-refractivity contribution >= 4 is 22.6 Å². The minimum absolute atomic E-state index is 0.0521. The number of fused-ring (bicyclic) bond motifs is 1. The van der Waals surface area contributed by atoms with Gasteiger partial charge in [0.1, 0.15) is 22.9 Å². The molecule has 0 saturated heterocycles. The highest BCUT2D eigenvalue weighted by Crippen LogP contribution is 2.35. The van der Waals surface area contributed by atoms with Crippen LogP contribution in [-0.2, 0) is 0 Å². The van der Waals surface area contributed by atoms with Gasteiger partial charge in [-0.05, 0) is 42.0 Å². The van der Waals surface area contributed by atoms with Gasteiger partial charge in [-0.1, -0.05) is 6.07 Å². The lowest BCUT2D eigenvalue weighted by Gasteiger charge is -2.11. The van der Waals surface area contributed by atoms with Crippen LogP contribution in [0.4, 0.5) is 19.0 Å². The smallest absolute Gasteiger partial charge is 0.262 e. The molecule has 0 bridgehead atoms. The zero-order valence-corrected chi connectivity index (χ0v) is 16.4. The fraction of sp³-hybridized carbons (Fsp3) is 0.0909. The van der Waals surface area contributed by atoms with Crippen LogP contribution in [0.15, 0.2) is 48.5 Å². The van der Waals surface area contributed by atoms with Gasteiger partial charge in [-0.25, -0.2) is 13.2 Å². The van der Waals surface area contributed by atoms with Crippen LogP contribution < -0.4 is 14.8 Å². The van der Waals surface area contributed by atoms with Gasteiger partial charge in [0, 0.05) is 17.0 Å². The number of halogens is 3. The van der Waals surface area contributed by atoms with Crippen LogP contribution in [0.3, 0.4) is 0 Å². The molecule has 0 spiro atoms. The lowest BCUT2D eigenvalue weighted by atomic mass is 10.0. The van der Waals surface area contributed by atoms with Crippen LogP contribution in [0.25, 0.3) is 22.0 Å². The molecule has 1 amide bonds. The van der Waals surface area contributed by atoms with Gasteiger partial charge in [-0.2, -0.15) is 5.10 Å². The summed E-state index contributed by atoms with van der Waals surface area (Å²) >= 11 is 0. The fourth-order valence-corrected chi connectivity index (χ4v) is 3.22. The zero-order chi connectivity index (χ0) is 22.1. The summed E-state index contributed by atoms with van der Waals surface area (Å²) in [6.07, 6.45) is 0. The van der Waals surface area contributed by atoms with Crippen molar-refractivity contribution in [1.82, 2.24) is 10.2 Å². The lowest BCUT2D eigenvalue weighted by molar-refractivity contribution is 0.101. The number of benzene rings is 3. The summed E-state index contributed by atoms with van der Waals surface area (Å²) in [6, 6.07) is 11.9. The van der Waals surface area contributed by atoms with E-state index in [1.165, 1.54) is 0 Å². The number of hydrogen-bond acceptors (Lipinski definition) is 4. The van der Waals surface area contributed by atoms with Crippen molar-refractivity contribution in [3.05, 3.63) is 71.5 Å². The Bertz CT molecular complexity index is 1300. The molecule has 1 heterocycles. The average Bonchev–Trinajstić information content (AvgIpc) is 3.18. The highest BCUT2D eigenvalue weighted by molar-refractivity contribution is 6.08. The Kier molecular flexibility index (Phi) is 5.24. The molecule has 2 N–H and O–H groups in total. The van der Waals surface area contributed by atoms with Crippen LogP contribution in [0.5, 0.6) is 11.5 Å². The van der Waals surface area contributed by atoms with E-state index in [1.807, 2.05) is 6.07 Å². The summed E-state index contributed by atoms with van der Waals surface area (Å²) in [5.41, 5.74) is 1.15. The maximum absolute atomic E-state index is 13.9. The fourth-order valence-electron chi connectivity index (χ4n) is 3.22. The maximum Gasteiger partial charge on any atom is 0.262 e. The summed E-state index contributed by atoms with van der Waals surface area (Å²) in [4.78, 5) is 12.3. The maximum atomic E-state index is 13.9. The number of carbonyl (C=O) groups excluding carboxylic acids is 1. The van der Waals surface area contributed by atoms with Gasteiger partial charge in [0.25, 0.3) is 5.91 Å². The number of aromatic amines is 1. The third-order valence-electron chi connectivity index (χ3n) is 4.79. The van der Waals surface area contributed by atoms with E-state index in [2.05, 4.69) is 15.5 Å². The molecule has 3 aromatic carbocycles. The van der Waals surface area contributed by atoms with Gasteiger partial charge >= 0.3 is 0 Å². The van der Waals surface area contributed by atoms with Gasteiger partial charge in [0.2, 0.25) is 0 Å². The zero-order valence-electron chi connectivity index (χ0n) is 16.4. The molecular weight excluding hydrogens is 411 g/mol. The van der Waals surface area contributed by atoms with Crippen molar-refractivity contribution in [3.63, 3.8) is 0 Å². The molecular formula is C22H16F3N3O3. The van der Waals surface area contributed by atoms with E-state index in [0.29, 0.717) is 34.5 Å². The van der Waals surface area contributed by atoms with Crippen molar-refractivity contribution in [2.45, 2.75) is 0 Å². The van der Waals surface area contributed by atoms with Gasteiger partial charge in [-0.15, -0.1) is 0 Å². The Morgan fingerprint density at radius 3 is 2.48 bits per heavy atom. The van der Waals surface area contributed by atoms with E-state index >= 15 is 0 Å². The van der Waals surface area contributed by atoms with Crippen molar-refractivity contribution in [2.24, 2.45) is 0 Å². The van der Waals surface area contributed by atoms with Crippen molar-refractivity contribution in [1.29, 1.82) is 0 Å². The lowest BCUT2D eigenvalue weighted by Crippen LogP contribution is -2.17. The number of carbonyl (C=O) groups is 1. The Labute approximate surface area is 174 Å². The third kappa shape index (κ3) is 3.65. The van der Waals surface area contributed by atoms with E-state index in [1.54, 1.807) is 44.6 Å². The summed E-state index contributed by atoms with van der Waals surface area (Å²) in [6.45, 7) is 0. The highest BCUT2D eigenvalue weighted by Gasteiger charge is 2.22. The van der Waals surface area contributed by atoms with E-state index in [4.69, 9.17) is 9.47 Å². The molecule has 0 aliphatic rings. The minimum Gasteiger partial charge on any atom is -0.497 e. The number of anilines is 1. The molecule has 0 aliphatic heterocycles. The Hall–Kier alpha value is -4.01. The first-order valence-corrected chi connectivity index (χ1v) is 9.08. The van der Waals surface area contributed by atoms with Crippen molar-refractivity contribution in [3.8, 4) is 22.6 Å². The van der Waals surface area contributed by atoms with E-state index in [0.717, 1.165) is 11.1 Å². The van der Waals surface area contributed by atoms with Gasteiger partial charge in [-0.3, -0.25) is 9.89 Å². The predicted octanol–water partition coefficient (Wildman–Crippen LogP) is 4.92. The van der Waals surface area contributed by atoms with E-state index < -0.39 is 28.9 Å². The Morgan fingerprint density at radius 1 is 0.968 bits per heavy atom. The quantitative estimate of drug-likeness (QED) is 0.444. The number of nitrogens with zero attached hydrogens (tertiary/aromatic N) is 1. The molecule has 4 aromatic rings. The Balaban J connectivity index is 1.68. The summed E-state index contributed by atoms with van der Waals surface area (Å²) in [5, 5.41) is 9.58. The molecule has 0 fully saturated rings. The second-order valence-electron chi connectivity index (χ2n) is 6.57. The average molecular weight is 427 g/mol. The largest absolute Gasteiger partial charge is 0.497 e. The monoisotopic (exact) mass is 427 g/mol. The molecule has 4 rings (SSSR count). The topological polar surface area (TPSA) is 76.2 Å². The molecule has 31 heavy (non-hydrogen) atoms. The SMILES string of the molecule is COc1ccc(-c2ccc3c(NC(=O)c4c(F)ccc(F)c4F)n[nH]c3c2)c(OC)c1. The van der Waals surface area contributed by atoms with Crippen LogP contribution in [0.1, 0.15) is 10.4 Å². The third-order valence-corrected chi connectivity index (χ3v) is 4.79. The first-order chi connectivity index (χ1) is 14.9. The van der Waals surface area contributed by atoms with Crippen LogP contribution in [0.2, 0.25) is 0 Å². The molecule has 0 aliphatic carbocycles. The number of nitrogens with one attached hydrogen (secondary N) is 2.